The van der Waals surface area contributed by atoms with E-state index in [-0.39, 0.29) is 5.82 Å². The van der Waals surface area contributed by atoms with Gasteiger partial charge in [-0.1, -0.05) is 18.2 Å². The zero-order valence-corrected chi connectivity index (χ0v) is 13.0. The fourth-order valence-corrected chi connectivity index (χ4v) is 2.79. The third kappa shape index (κ3) is 3.89. The van der Waals surface area contributed by atoms with Crippen LogP contribution in [0.3, 0.4) is 0 Å². The van der Waals surface area contributed by atoms with Crippen LogP contribution < -0.4 is 0 Å². The van der Waals surface area contributed by atoms with Gasteiger partial charge < -0.3 is 0 Å². The summed E-state index contributed by atoms with van der Waals surface area (Å²) in [4.78, 5) is 4.41. The Hall–Kier alpha value is -2.47. The summed E-state index contributed by atoms with van der Waals surface area (Å²) in [5, 5.41) is 2.56. The number of thiazole rings is 1. The molecule has 0 amide bonds. The zero-order chi connectivity index (χ0) is 17.2. The van der Waals surface area contributed by atoms with E-state index in [9.17, 15) is 17.6 Å². The second kappa shape index (κ2) is 6.57. The van der Waals surface area contributed by atoms with Crippen molar-refractivity contribution >= 4 is 23.5 Å². The second-order valence-electron chi connectivity index (χ2n) is 5.03. The standard InChI is InChI=1S/C18H11F4NS/c19-15-8-4-13(5-9-15)16-11-24-17(23-16)10-3-12-1-6-14(7-2-12)18(20,21)22/h1-11H/b10-3+. The molecule has 0 fully saturated rings. The van der Waals surface area contributed by atoms with Crippen LogP contribution in [0.2, 0.25) is 0 Å². The minimum absolute atomic E-state index is 0.309. The van der Waals surface area contributed by atoms with E-state index in [0.717, 1.165) is 23.4 Å². The van der Waals surface area contributed by atoms with E-state index in [0.29, 0.717) is 10.6 Å². The van der Waals surface area contributed by atoms with E-state index in [1.54, 1.807) is 24.3 Å². The van der Waals surface area contributed by atoms with Crippen molar-refractivity contribution in [3.05, 3.63) is 75.9 Å². The molecule has 0 N–H and O–H groups in total. The first-order valence-corrected chi connectivity index (χ1v) is 7.86. The number of hydrogen-bond acceptors (Lipinski definition) is 2. The molecule has 0 bridgehead atoms. The molecule has 0 unspecified atom stereocenters. The van der Waals surface area contributed by atoms with Crippen LogP contribution in [0.1, 0.15) is 16.1 Å². The number of halogens is 4. The summed E-state index contributed by atoms with van der Waals surface area (Å²) in [5.41, 5.74) is 1.52. The summed E-state index contributed by atoms with van der Waals surface area (Å²) in [6.07, 6.45) is -0.894. The Morgan fingerprint density at radius 1 is 0.875 bits per heavy atom. The van der Waals surface area contributed by atoms with Crippen LogP contribution in [0.5, 0.6) is 0 Å². The van der Waals surface area contributed by atoms with Crippen LogP contribution in [0.15, 0.2) is 53.9 Å². The molecule has 0 aliphatic rings. The van der Waals surface area contributed by atoms with Gasteiger partial charge >= 0.3 is 6.18 Å². The van der Waals surface area contributed by atoms with Gasteiger partial charge in [0.1, 0.15) is 10.8 Å². The lowest BCUT2D eigenvalue weighted by Crippen LogP contribution is -2.03. The predicted molar refractivity (Wildman–Crippen MR) is 87.9 cm³/mol. The maximum absolute atomic E-state index is 12.9. The average molecular weight is 349 g/mol. The van der Waals surface area contributed by atoms with Crippen LogP contribution in [0.25, 0.3) is 23.4 Å². The fraction of sp³-hybridized carbons (Fsp3) is 0.0556. The van der Waals surface area contributed by atoms with Gasteiger partial charge in [-0.05, 0) is 48.0 Å². The van der Waals surface area contributed by atoms with Gasteiger partial charge in [-0.3, -0.25) is 0 Å². The van der Waals surface area contributed by atoms with Gasteiger partial charge in [0.2, 0.25) is 0 Å². The first-order valence-electron chi connectivity index (χ1n) is 6.99. The Kier molecular flexibility index (Phi) is 4.49. The molecule has 0 saturated heterocycles. The van der Waals surface area contributed by atoms with Crippen LogP contribution in [-0.2, 0) is 6.18 Å². The topological polar surface area (TPSA) is 12.9 Å². The Balaban J connectivity index is 1.74. The lowest BCUT2D eigenvalue weighted by atomic mass is 10.1. The van der Waals surface area contributed by atoms with Gasteiger partial charge in [-0.25, -0.2) is 9.37 Å². The third-order valence-corrected chi connectivity index (χ3v) is 4.13. The number of benzene rings is 2. The molecule has 0 aliphatic carbocycles. The summed E-state index contributed by atoms with van der Waals surface area (Å²) < 4.78 is 50.4. The summed E-state index contributed by atoms with van der Waals surface area (Å²) in [7, 11) is 0. The maximum Gasteiger partial charge on any atom is 0.416 e. The van der Waals surface area contributed by atoms with Gasteiger partial charge in [-0.2, -0.15) is 13.2 Å². The number of rotatable bonds is 3. The van der Waals surface area contributed by atoms with E-state index in [4.69, 9.17) is 0 Å². The monoisotopic (exact) mass is 349 g/mol. The highest BCUT2D eigenvalue weighted by atomic mass is 32.1. The van der Waals surface area contributed by atoms with Gasteiger partial charge in [0.25, 0.3) is 0 Å². The molecular weight excluding hydrogens is 338 g/mol. The molecule has 0 spiro atoms. The Bertz CT molecular complexity index is 846. The highest BCUT2D eigenvalue weighted by Gasteiger charge is 2.29. The van der Waals surface area contributed by atoms with E-state index < -0.39 is 11.7 Å². The highest BCUT2D eigenvalue weighted by Crippen LogP contribution is 2.29. The molecule has 122 valence electrons. The zero-order valence-electron chi connectivity index (χ0n) is 12.2. The van der Waals surface area contributed by atoms with Crippen molar-refractivity contribution in [2.45, 2.75) is 6.18 Å². The molecule has 0 radical (unpaired) electrons. The van der Waals surface area contributed by atoms with E-state index in [1.165, 1.54) is 35.6 Å². The lowest BCUT2D eigenvalue weighted by Gasteiger charge is -2.05. The molecule has 2 aromatic carbocycles. The molecule has 1 aromatic heterocycles. The third-order valence-electron chi connectivity index (χ3n) is 3.32. The quantitative estimate of drug-likeness (QED) is 0.518. The summed E-state index contributed by atoms with van der Waals surface area (Å²) in [6.45, 7) is 0. The molecule has 3 rings (SSSR count). The van der Waals surface area contributed by atoms with E-state index >= 15 is 0 Å². The predicted octanol–water partition coefficient (Wildman–Crippen LogP) is 6.14. The van der Waals surface area contributed by atoms with Crippen LogP contribution >= 0.6 is 11.3 Å². The number of nitrogens with zero attached hydrogens (tertiary/aromatic N) is 1. The van der Waals surface area contributed by atoms with E-state index in [2.05, 4.69) is 4.98 Å². The minimum atomic E-state index is -4.33. The normalized spacial score (nSPS) is 12.0. The molecule has 0 aliphatic heterocycles. The molecule has 1 nitrogen and oxygen atoms in total. The van der Waals surface area contributed by atoms with Gasteiger partial charge in [0, 0.05) is 10.9 Å². The molecule has 3 aromatic rings. The molecule has 0 atom stereocenters. The Morgan fingerprint density at radius 3 is 2.17 bits per heavy atom. The van der Waals surface area contributed by atoms with Gasteiger partial charge in [0.05, 0.1) is 11.3 Å². The van der Waals surface area contributed by atoms with Crippen molar-refractivity contribution in [1.82, 2.24) is 4.98 Å². The fourth-order valence-electron chi connectivity index (χ4n) is 2.07. The van der Waals surface area contributed by atoms with Crippen molar-refractivity contribution in [3.8, 4) is 11.3 Å². The van der Waals surface area contributed by atoms with Crippen molar-refractivity contribution in [3.63, 3.8) is 0 Å². The molecular formula is C18H11F4NS. The van der Waals surface area contributed by atoms with Crippen molar-refractivity contribution in [1.29, 1.82) is 0 Å². The van der Waals surface area contributed by atoms with Gasteiger partial charge in [0.15, 0.2) is 0 Å². The second-order valence-corrected chi connectivity index (χ2v) is 5.92. The largest absolute Gasteiger partial charge is 0.416 e. The number of hydrogen-bond donors (Lipinski definition) is 0. The van der Waals surface area contributed by atoms with Crippen molar-refractivity contribution in [2.24, 2.45) is 0 Å². The minimum Gasteiger partial charge on any atom is -0.237 e. The Labute approximate surface area is 139 Å². The van der Waals surface area contributed by atoms with Gasteiger partial charge in [-0.15, -0.1) is 11.3 Å². The summed E-state index contributed by atoms with van der Waals surface area (Å²) in [6, 6.07) is 10.9. The lowest BCUT2D eigenvalue weighted by molar-refractivity contribution is -0.137. The first kappa shape index (κ1) is 16.4. The molecule has 1 heterocycles. The highest BCUT2D eigenvalue weighted by molar-refractivity contribution is 7.10. The molecule has 0 saturated carbocycles. The first-order chi connectivity index (χ1) is 11.4. The van der Waals surface area contributed by atoms with E-state index in [1.807, 2.05) is 5.38 Å². The average Bonchev–Trinajstić information content (AvgIpc) is 3.02. The molecule has 6 heteroatoms. The number of aromatic nitrogens is 1. The van der Waals surface area contributed by atoms with Crippen LogP contribution in [0, 0.1) is 5.82 Å². The summed E-state index contributed by atoms with van der Waals surface area (Å²) >= 11 is 1.40. The van der Waals surface area contributed by atoms with Crippen molar-refractivity contribution in [2.75, 3.05) is 0 Å². The molecule has 24 heavy (non-hydrogen) atoms. The maximum atomic E-state index is 12.9. The van der Waals surface area contributed by atoms with Crippen LogP contribution in [-0.4, -0.2) is 4.98 Å². The Morgan fingerprint density at radius 2 is 1.54 bits per heavy atom. The SMILES string of the molecule is Fc1ccc(-c2csc(/C=C/c3ccc(C(F)(F)F)cc3)n2)cc1. The summed E-state index contributed by atoms with van der Waals surface area (Å²) in [5.74, 6) is -0.309. The smallest absolute Gasteiger partial charge is 0.237 e. The van der Waals surface area contributed by atoms with Crippen LogP contribution in [0.4, 0.5) is 17.6 Å². The number of alkyl halides is 3. The van der Waals surface area contributed by atoms with Crippen molar-refractivity contribution < 1.29 is 17.6 Å².